The Morgan fingerprint density at radius 2 is 1.64 bits per heavy atom. The summed E-state index contributed by atoms with van der Waals surface area (Å²) in [7, 11) is 0. The number of nitrogens with zero attached hydrogens (tertiary/aromatic N) is 2. The van der Waals surface area contributed by atoms with E-state index in [-0.39, 0.29) is 28.6 Å². The van der Waals surface area contributed by atoms with E-state index in [0.29, 0.717) is 22.2 Å². The molecule has 2 fully saturated rings. The van der Waals surface area contributed by atoms with Crippen LogP contribution in [0.1, 0.15) is 66.9 Å². The molecule has 3 aliphatic heterocycles. The first-order chi connectivity index (χ1) is 20.3. The van der Waals surface area contributed by atoms with E-state index < -0.39 is 0 Å². The lowest BCUT2D eigenvalue weighted by atomic mass is 9.69. The van der Waals surface area contributed by atoms with Crippen LogP contribution < -0.4 is 5.32 Å². The predicted octanol–water partition coefficient (Wildman–Crippen LogP) is 7.36. The molecule has 220 valence electrons. The van der Waals surface area contributed by atoms with E-state index in [9.17, 15) is 9.59 Å². The summed E-state index contributed by atoms with van der Waals surface area (Å²) in [5, 5.41) is 4.66. The van der Waals surface area contributed by atoms with Crippen molar-refractivity contribution in [2.75, 3.05) is 38.0 Å². The minimum absolute atomic E-state index is 0.0506. The number of benzene rings is 3. The maximum absolute atomic E-state index is 13.6. The Morgan fingerprint density at radius 1 is 0.905 bits per heavy atom. The van der Waals surface area contributed by atoms with E-state index in [2.05, 4.69) is 40.5 Å². The van der Waals surface area contributed by atoms with Gasteiger partial charge in [0.2, 0.25) is 0 Å². The van der Waals surface area contributed by atoms with Crippen molar-refractivity contribution in [1.29, 1.82) is 0 Å². The van der Waals surface area contributed by atoms with Crippen LogP contribution in [0, 0.1) is 0 Å². The summed E-state index contributed by atoms with van der Waals surface area (Å²) >= 11 is 12.9. The third-order valence-corrected chi connectivity index (χ3v) is 10.8. The molecule has 2 unspecified atom stereocenters. The smallest absolute Gasteiger partial charge is 0.253 e. The average Bonchev–Trinajstić information content (AvgIpc) is 3.37. The molecular formula is C35H39Cl2N3O2. The molecule has 1 N–H and O–H groups in total. The molecule has 2 atom stereocenters. The summed E-state index contributed by atoms with van der Waals surface area (Å²) in [4.78, 5) is 31.1. The second-order valence-electron chi connectivity index (χ2n) is 12.5. The number of para-hydroxylation sites is 1. The lowest BCUT2D eigenvalue weighted by molar-refractivity contribution is -0.123. The van der Waals surface area contributed by atoms with Gasteiger partial charge in [0.15, 0.2) is 0 Å². The molecule has 0 bridgehead atoms. The zero-order valence-corrected chi connectivity index (χ0v) is 25.8. The first-order valence-corrected chi connectivity index (χ1v) is 15.9. The second kappa shape index (κ2) is 12.0. The summed E-state index contributed by atoms with van der Waals surface area (Å²) in [5.41, 5.74) is 4.32. The highest BCUT2D eigenvalue weighted by Gasteiger charge is 2.44. The van der Waals surface area contributed by atoms with Gasteiger partial charge in [-0.05, 0) is 100.0 Å². The van der Waals surface area contributed by atoms with Gasteiger partial charge >= 0.3 is 0 Å². The number of nitrogens with one attached hydrogen (secondary N) is 1. The predicted molar refractivity (Wildman–Crippen MR) is 171 cm³/mol. The Morgan fingerprint density at radius 3 is 2.38 bits per heavy atom. The number of ketones is 1. The highest BCUT2D eigenvalue weighted by Crippen LogP contribution is 2.45. The first kappa shape index (κ1) is 29.2. The topological polar surface area (TPSA) is 52.7 Å². The van der Waals surface area contributed by atoms with Gasteiger partial charge in [0.1, 0.15) is 5.78 Å². The zero-order valence-electron chi connectivity index (χ0n) is 24.3. The number of Topliss-reactive ketones (excluding diaryl/α,β-unsaturated/α-hetero) is 1. The minimum Gasteiger partial charge on any atom is -0.384 e. The Hall–Kier alpha value is -2.86. The van der Waals surface area contributed by atoms with Crippen molar-refractivity contribution in [1.82, 2.24) is 9.80 Å². The number of rotatable bonds is 7. The van der Waals surface area contributed by atoms with Gasteiger partial charge in [-0.25, -0.2) is 0 Å². The Labute approximate surface area is 259 Å². The molecule has 5 nitrogen and oxygen atoms in total. The number of hydrogen-bond donors (Lipinski definition) is 1. The monoisotopic (exact) mass is 603 g/mol. The fraction of sp³-hybridized carbons (Fsp3) is 0.429. The van der Waals surface area contributed by atoms with E-state index in [4.69, 9.17) is 23.2 Å². The molecule has 1 amide bonds. The molecule has 0 radical (unpaired) electrons. The normalized spacial score (nSPS) is 22.4. The third kappa shape index (κ3) is 5.59. The quantitative estimate of drug-likeness (QED) is 0.306. The maximum Gasteiger partial charge on any atom is 0.253 e. The summed E-state index contributed by atoms with van der Waals surface area (Å²) in [6.07, 6.45) is 5.43. The molecule has 1 spiro atoms. The molecule has 6 rings (SSSR count). The summed E-state index contributed by atoms with van der Waals surface area (Å²) < 4.78 is 0. The van der Waals surface area contributed by atoms with Gasteiger partial charge in [-0.3, -0.25) is 14.5 Å². The summed E-state index contributed by atoms with van der Waals surface area (Å²) in [6.45, 7) is 5.82. The highest BCUT2D eigenvalue weighted by atomic mass is 35.5. The van der Waals surface area contributed by atoms with E-state index in [1.165, 1.54) is 11.3 Å². The van der Waals surface area contributed by atoms with Gasteiger partial charge < -0.3 is 10.2 Å². The van der Waals surface area contributed by atoms with Crippen molar-refractivity contribution in [3.05, 3.63) is 99.5 Å². The molecule has 3 heterocycles. The van der Waals surface area contributed by atoms with Crippen LogP contribution in [-0.2, 0) is 15.6 Å². The Kier molecular flexibility index (Phi) is 8.37. The van der Waals surface area contributed by atoms with E-state index in [1.54, 1.807) is 6.92 Å². The van der Waals surface area contributed by atoms with Gasteiger partial charge in [0.25, 0.3) is 5.91 Å². The maximum atomic E-state index is 13.6. The molecule has 0 aliphatic carbocycles. The number of likely N-dealkylation sites (tertiary alicyclic amines) is 2. The number of piperidine rings is 2. The Balaban J connectivity index is 1.22. The number of anilines is 1. The first-order valence-electron chi connectivity index (χ1n) is 15.2. The van der Waals surface area contributed by atoms with Gasteiger partial charge in [-0.2, -0.15) is 0 Å². The van der Waals surface area contributed by atoms with E-state index in [0.717, 1.165) is 70.3 Å². The second-order valence-corrected chi connectivity index (χ2v) is 13.3. The molecule has 3 aromatic carbocycles. The molecule has 3 aromatic rings. The molecule has 2 saturated heterocycles. The minimum atomic E-state index is -0.310. The molecule has 3 aliphatic rings. The molecule has 7 heteroatoms. The molecule has 0 saturated carbocycles. The van der Waals surface area contributed by atoms with Gasteiger partial charge in [-0.15, -0.1) is 0 Å². The fourth-order valence-electron chi connectivity index (χ4n) is 7.70. The lowest BCUT2D eigenvalue weighted by Crippen LogP contribution is -2.52. The van der Waals surface area contributed by atoms with Crippen LogP contribution in [-0.4, -0.2) is 60.3 Å². The van der Waals surface area contributed by atoms with Crippen LogP contribution in [0.2, 0.25) is 10.0 Å². The van der Waals surface area contributed by atoms with Crippen molar-refractivity contribution in [2.45, 2.75) is 62.3 Å². The van der Waals surface area contributed by atoms with Crippen LogP contribution in [0.25, 0.3) is 0 Å². The largest absolute Gasteiger partial charge is 0.384 e. The van der Waals surface area contributed by atoms with Crippen molar-refractivity contribution in [3.63, 3.8) is 0 Å². The van der Waals surface area contributed by atoms with Crippen LogP contribution in [0.15, 0.2) is 72.8 Å². The molecule has 42 heavy (non-hydrogen) atoms. The van der Waals surface area contributed by atoms with Crippen molar-refractivity contribution >= 4 is 40.6 Å². The third-order valence-electron chi connectivity index (χ3n) is 10.1. The van der Waals surface area contributed by atoms with E-state index in [1.807, 2.05) is 47.4 Å². The number of carbonyl (C=O) groups is 2. The molecule has 0 aromatic heterocycles. The number of fused-ring (bicyclic) bond motifs is 2. The highest BCUT2D eigenvalue weighted by molar-refractivity contribution is 6.42. The van der Waals surface area contributed by atoms with Gasteiger partial charge in [-0.1, -0.05) is 65.7 Å². The van der Waals surface area contributed by atoms with Gasteiger partial charge in [0.05, 0.1) is 16.1 Å². The summed E-state index contributed by atoms with van der Waals surface area (Å²) in [5.74, 6) is 0.267. The Bertz CT molecular complexity index is 1450. The van der Waals surface area contributed by atoms with Crippen molar-refractivity contribution in [3.8, 4) is 0 Å². The zero-order chi connectivity index (χ0) is 29.3. The van der Waals surface area contributed by atoms with Crippen molar-refractivity contribution in [2.24, 2.45) is 0 Å². The fourth-order valence-corrected chi connectivity index (χ4v) is 8.00. The van der Waals surface area contributed by atoms with Crippen LogP contribution >= 0.6 is 23.2 Å². The van der Waals surface area contributed by atoms with Crippen LogP contribution in [0.4, 0.5) is 5.69 Å². The number of carbonyl (C=O) groups excluding carboxylic acids is 2. The number of amides is 1. The van der Waals surface area contributed by atoms with Gasteiger partial charge in [0, 0.05) is 41.7 Å². The van der Waals surface area contributed by atoms with Crippen molar-refractivity contribution < 1.29 is 9.59 Å². The molecular weight excluding hydrogens is 565 g/mol. The van der Waals surface area contributed by atoms with Crippen LogP contribution in [0.3, 0.4) is 0 Å². The standard InChI is InChI=1S/C35H39Cl2N3O2/c1-25(41)32(39-20-17-34(18-21-39)23-38-31-11-6-5-10-28(31)34)14-16-35(27-12-13-29(36)30(37)22-27)15-7-19-40(24-35)33(42)26-8-3-2-4-9-26/h2-6,8-13,22,32,38H,7,14-21,23-24H2,1H3. The summed E-state index contributed by atoms with van der Waals surface area (Å²) in [6, 6.07) is 23.9. The SMILES string of the molecule is CC(=O)C(CCC1(c2ccc(Cl)c(Cl)c2)CCCN(C(=O)c2ccccc2)C1)N1CCC2(CC1)CNc1ccccc12. The average molecular weight is 605 g/mol. The number of halogens is 2. The van der Waals surface area contributed by atoms with E-state index >= 15 is 0 Å². The lowest BCUT2D eigenvalue weighted by Gasteiger charge is -2.46. The van der Waals surface area contributed by atoms with Crippen LogP contribution in [0.5, 0.6) is 0 Å². The number of hydrogen-bond acceptors (Lipinski definition) is 4.